The molecule has 0 saturated carbocycles. The van der Waals surface area contributed by atoms with Crippen LogP contribution in [0.4, 0.5) is 4.79 Å². The number of hydrogen-bond donors (Lipinski definition) is 2. The molecule has 2 aliphatic rings. The Morgan fingerprint density at radius 1 is 1.36 bits per heavy atom. The number of carboxylic acid groups (broad SMARTS) is 1. The molecule has 0 spiro atoms. The van der Waals surface area contributed by atoms with E-state index in [2.05, 4.69) is 5.32 Å². The lowest BCUT2D eigenvalue weighted by Gasteiger charge is -2.40. The molecule has 8 heteroatoms. The van der Waals surface area contributed by atoms with Crippen molar-refractivity contribution in [2.75, 3.05) is 39.8 Å². The fourth-order valence-electron chi connectivity index (χ4n) is 3.83. The number of ether oxygens (including phenoxy) is 2. The second-order valence-corrected chi connectivity index (χ2v) is 8.14. The second kappa shape index (κ2) is 8.36. The average molecular weight is 391 g/mol. The van der Waals surface area contributed by atoms with Crippen LogP contribution >= 0.6 is 0 Å². The number of urea groups is 1. The Balaban J connectivity index is 1.62. The van der Waals surface area contributed by atoms with Crippen molar-refractivity contribution < 1.29 is 24.2 Å². The fourth-order valence-corrected chi connectivity index (χ4v) is 3.83. The van der Waals surface area contributed by atoms with E-state index in [0.717, 1.165) is 11.3 Å². The van der Waals surface area contributed by atoms with Crippen molar-refractivity contribution in [3.63, 3.8) is 0 Å². The molecule has 2 unspecified atom stereocenters. The molecule has 0 aliphatic carbocycles. The summed E-state index contributed by atoms with van der Waals surface area (Å²) in [4.78, 5) is 27.2. The number of carboxylic acids is 1. The molecular weight excluding hydrogens is 362 g/mol. The first-order valence-electron chi connectivity index (χ1n) is 9.59. The van der Waals surface area contributed by atoms with Gasteiger partial charge in [-0.3, -0.25) is 9.69 Å². The van der Waals surface area contributed by atoms with Crippen molar-refractivity contribution in [3.05, 3.63) is 29.8 Å². The number of para-hydroxylation sites is 1. The van der Waals surface area contributed by atoms with Gasteiger partial charge in [-0.15, -0.1) is 0 Å². The molecule has 1 aromatic carbocycles. The Hall–Kier alpha value is -2.32. The molecule has 1 aromatic rings. The summed E-state index contributed by atoms with van der Waals surface area (Å²) in [5.74, 6) is -0.0760. The van der Waals surface area contributed by atoms with Gasteiger partial charge in [-0.25, -0.2) is 4.79 Å². The number of likely N-dealkylation sites (N-methyl/N-ethyl adjacent to an activating group) is 1. The maximum Gasteiger partial charge on any atom is 0.318 e. The molecular formula is C20H29N3O5. The van der Waals surface area contributed by atoms with Gasteiger partial charge >= 0.3 is 12.0 Å². The zero-order valence-corrected chi connectivity index (χ0v) is 16.7. The van der Waals surface area contributed by atoms with Gasteiger partial charge in [-0.1, -0.05) is 18.2 Å². The van der Waals surface area contributed by atoms with Crippen LogP contribution in [-0.2, 0) is 9.53 Å². The zero-order valence-electron chi connectivity index (χ0n) is 16.7. The highest BCUT2D eigenvalue weighted by Gasteiger charge is 2.35. The van der Waals surface area contributed by atoms with E-state index in [-0.39, 0.29) is 30.3 Å². The van der Waals surface area contributed by atoms with Gasteiger partial charge in [0.05, 0.1) is 25.3 Å². The molecule has 1 saturated heterocycles. The highest BCUT2D eigenvalue weighted by Crippen LogP contribution is 2.39. The molecule has 154 valence electrons. The van der Waals surface area contributed by atoms with Crippen molar-refractivity contribution in [2.45, 2.75) is 38.0 Å². The number of fused-ring (bicyclic) bond motifs is 1. The Labute approximate surface area is 165 Å². The number of hydrogen-bond acceptors (Lipinski definition) is 5. The number of morpholine rings is 1. The van der Waals surface area contributed by atoms with Crippen molar-refractivity contribution in [1.82, 2.24) is 15.1 Å². The molecule has 3 rings (SSSR count). The Morgan fingerprint density at radius 2 is 2.11 bits per heavy atom. The van der Waals surface area contributed by atoms with Crippen LogP contribution in [0.15, 0.2) is 24.3 Å². The minimum atomic E-state index is -0.881. The van der Waals surface area contributed by atoms with Gasteiger partial charge in [0.15, 0.2) is 0 Å². The third-order valence-electron chi connectivity index (χ3n) is 5.02. The third-order valence-corrected chi connectivity index (χ3v) is 5.02. The Morgan fingerprint density at radius 3 is 2.86 bits per heavy atom. The highest BCUT2D eigenvalue weighted by atomic mass is 16.5. The van der Waals surface area contributed by atoms with Gasteiger partial charge in [0.1, 0.15) is 11.4 Å². The number of benzene rings is 1. The molecule has 2 aliphatic heterocycles. The van der Waals surface area contributed by atoms with E-state index in [9.17, 15) is 9.59 Å². The molecule has 0 aromatic heterocycles. The van der Waals surface area contributed by atoms with Gasteiger partial charge in [-0.2, -0.15) is 0 Å². The average Bonchev–Trinajstić information content (AvgIpc) is 2.60. The monoisotopic (exact) mass is 391 g/mol. The van der Waals surface area contributed by atoms with Crippen molar-refractivity contribution in [2.24, 2.45) is 0 Å². The standard InChI is InChI=1S/C20H29N3O5/c1-20(2)10-16(15-6-4-5-7-17(15)28-20)21-19(26)23-8-9-27-14(12-23)11-22(3)13-18(24)25/h4-7,14,16H,8-13H2,1-3H3,(H,21,26)(H,24,25). The topological polar surface area (TPSA) is 91.3 Å². The number of aliphatic carboxylic acids is 1. The first kappa shape index (κ1) is 20.4. The fraction of sp³-hybridized carbons (Fsp3) is 0.600. The molecule has 2 N–H and O–H groups in total. The summed E-state index contributed by atoms with van der Waals surface area (Å²) in [5.41, 5.74) is 0.625. The SMILES string of the molecule is CN(CC(=O)O)CC1CN(C(=O)NC2CC(C)(C)Oc3ccccc32)CCO1. The maximum absolute atomic E-state index is 12.9. The Kier molecular flexibility index (Phi) is 6.10. The summed E-state index contributed by atoms with van der Waals surface area (Å²) in [6, 6.07) is 7.54. The van der Waals surface area contributed by atoms with Crippen LogP contribution in [0.2, 0.25) is 0 Å². The minimum absolute atomic E-state index is 0.0556. The smallest absolute Gasteiger partial charge is 0.318 e. The molecule has 28 heavy (non-hydrogen) atoms. The molecule has 2 heterocycles. The van der Waals surface area contributed by atoms with E-state index in [0.29, 0.717) is 32.7 Å². The van der Waals surface area contributed by atoms with E-state index in [1.807, 2.05) is 38.1 Å². The quantitative estimate of drug-likeness (QED) is 0.794. The lowest BCUT2D eigenvalue weighted by atomic mass is 9.90. The van der Waals surface area contributed by atoms with Crippen LogP contribution in [0.1, 0.15) is 31.9 Å². The number of amides is 2. The van der Waals surface area contributed by atoms with E-state index in [1.54, 1.807) is 16.8 Å². The normalized spacial score (nSPS) is 23.6. The lowest BCUT2D eigenvalue weighted by molar-refractivity contribution is -0.138. The summed E-state index contributed by atoms with van der Waals surface area (Å²) >= 11 is 0. The van der Waals surface area contributed by atoms with E-state index >= 15 is 0 Å². The maximum atomic E-state index is 12.9. The number of nitrogens with one attached hydrogen (secondary N) is 1. The first-order chi connectivity index (χ1) is 13.2. The number of rotatable bonds is 5. The summed E-state index contributed by atoms with van der Waals surface area (Å²) < 4.78 is 11.7. The lowest BCUT2D eigenvalue weighted by Crippen LogP contribution is -2.53. The number of carbonyl (C=O) groups is 2. The molecule has 2 amide bonds. The van der Waals surface area contributed by atoms with Gasteiger partial charge in [0.25, 0.3) is 0 Å². The highest BCUT2D eigenvalue weighted by molar-refractivity contribution is 5.75. The van der Waals surface area contributed by atoms with E-state index < -0.39 is 5.97 Å². The van der Waals surface area contributed by atoms with Crippen molar-refractivity contribution in [3.8, 4) is 5.75 Å². The summed E-state index contributed by atoms with van der Waals surface area (Å²) in [5, 5.41) is 12.0. The van der Waals surface area contributed by atoms with Gasteiger partial charge in [0, 0.05) is 31.6 Å². The van der Waals surface area contributed by atoms with Crippen molar-refractivity contribution >= 4 is 12.0 Å². The van der Waals surface area contributed by atoms with E-state index in [1.165, 1.54) is 0 Å². The van der Waals surface area contributed by atoms with Crippen LogP contribution < -0.4 is 10.1 Å². The predicted octanol–water partition coefficient (Wildman–Crippen LogP) is 1.72. The minimum Gasteiger partial charge on any atom is -0.487 e. The van der Waals surface area contributed by atoms with Crippen LogP contribution in [0, 0.1) is 0 Å². The first-order valence-corrected chi connectivity index (χ1v) is 9.59. The predicted molar refractivity (Wildman–Crippen MR) is 103 cm³/mol. The zero-order chi connectivity index (χ0) is 20.3. The molecule has 0 bridgehead atoms. The van der Waals surface area contributed by atoms with Crippen LogP contribution in [0.5, 0.6) is 5.75 Å². The Bertz CT molecular complexity index is 724. The number of carbonyl (C=O) groups excluding carboxylic acids is 1. The van der Waals surface area contributed by atoms with E-state index in [4.69, 9.17) is 14.6 Å². The summed E-state index contributed by atoms with van der Waals surface area (Å²) in [6.07, 6.45) is 0.479. The van der Waals surface area contributed by atoms with Gasteiger partial charge < -0.3 is 24.8 Å². The molecule has 1 fully saturated rings. The summed E-state index contributed by atoms with van der Waals surface area (Å²) in [7, 11) is 1.73. The van der Waals surface area contributed by atoms with Gasteiger partial charge in [-0.05, 0) is 27.0 Å². The molecule has 2 atom stereocenters. The van der Waals surface area contributed by atoms with Crippen LogP contribution in [0.3, 0.4) is 0 Å². The molecule has 0 radical (unpaired) electrons. The number of nitrogens with zero attached hydrogens (tertiary/aromatic N) is 2. The second-order valence-electron chi connectivity index (χ2n) is 8.14. The largest absolute Gasteiger partial charge is 0.487 e. The van der Waals surface area contributed by atoms with Crippen LogP contribution in [-0.4, -0.2) is 78.4 Å². The van der Waals surface area contributed by atoms with Crippen molar-refractivity contribution in [1.29, 1.82) is 0 Å². The third kappa shape index (κ3) is 5.14. The summed E-state index contributed by atoms with van der Waals surface area (Å²) in [6.45, 7) is 5.83. The van der Waals surface area contributed by atoms with Crippen LogP contribution in [0.25, 0.3) is 0 Å². The van der Waals surface area contributed by atoms with Gasteiger partial charge in [0.2, 0.25) is 0 Å². The molecule has 8 nitrogen and oxygen atoms in total.